The number of ether oxygens (including phenoxy) is 2. The molecular formula is C13H19NO5. The van der Waals surface area contributed by atoms with Crippen LogP contribution in [0.5, 0.6) is 0 Å². The summed E-state index contributed by atoms with van der Waals surface area (Å²) in [4.78, 5) is 37.6. The summed E-state index contributed by atoms with van der Waals surface area (Å²) in [6.07, 6.45) is 0.530. The van der Waals surface area contributed by atoms with Gasteiger partial charge in [0.1, 0.15) is 5.60 Å². The molecule has 0 N–H and O–H groups in total. The summed E-state index contributed by atoms with van der Waals surface area (Å²) in [5, 5.41) is 0. The van der Waals surface area contributed by atoms with Crippen LogP contribution >= 0.6 is 0 Å². The number of fused-ring (bicyclic) bond motifs is 2. The van der Waals surface area contributed by atoms with Crippen molar-refractivity contribution in [1.82, 2.24) is 4.90 Å². The molecule has 0 radical (unpaired) electrons. The van der Waals surface area contributed by atoms with Gasteiger partial charge in [0.05, 0.1) is 7.11 Å². The molecule has 0 aliphatic carbocycles. The van der Waals surface area contributed by atoms with Crippen LogP contribution in [0.4, 0.5) is 4.79 Å². The van der Waals surface area contributed by atoms with E-state index >= 15 is 0 Å². The number of hydrogen-bond acceptors (Lipinski definition) is 5. The Bertz CT molecular complexity index is 439. The van der Waals surface area contributed by atoms with Crippen LogP contribution in [0.2, 0.25) is 0 Å². The molecule has 6 nitrogen and oxygen atoms in total. The number of ketones is 1. The normalized spacial score (nSPS) is 29.6. The van der Waals surface area contributed by atoms with Crippen LogP contribution in [0.25, 0.3) is 0 Å². The summed E-state index contributed by atoms with van der Waals surface area (Å²) < 4.78 is 10.0. The predicted molar refractivity (Wildman–Crippen MR) is 65.5 cm³/mol. The number of methoxy groups -OCH3 is 1. The van der Waals surface area contributed by atoms with Gasteiger partial charge in [-0.05, 0) is 33.6 Å². The number of nitrogens with zero attached hydrogens (tertiary/aromatic N) is 1. The monoisotopic (exact) mass is 269 g/mol. The molecule has 19 heavy (non-hydrogen) atoms. The van der Waals surface area contributed by atoms with E-state index in [0.717, 1.165) is 0 Å². The Morgan fingerprint density at radius 1 is 1.37 bits per heavy atom. The van der Waals surface area contributed by atoms with Crippen LogP contribution in [0, 0.1) is 0 Å². The van der Waals surface area contributed by atoms with Crippen LogP contribution in [-0.4, -0.2) is 47.0 Å². The summed E-state index contributed by atoms with van der Waals surface area (Å²) in [7, 11) is 1.23. The van der Waals surface area contributed by atoms with Crippen molar-refractivity contribution in [2.24, 2.45) is 0 Å². The highest BCUT2D eigenvalue weighted by molar-refractivity contribution is 6.13. The predicted octanol–water partition coefficient (Wildman–Crippen LogP) is 1.27. The molecule has 2 aliphatic heterocycles. The standard InChI is InChI=1S/C13H19NO5/c1-12(2,3)19-11(17)14-8-5-6-13(14,9(15)7-8)10(16)18-4/h8H,5-7H2,1-4H3/t8-,13+/m1/s1. The number of hydrogen-bond donors (Lipinski definition) is 0. The minimum Gasteiger partial charge on any atom is -0.467 e. The molecule has 2 heterocycles. The molecule has 0 saturated carbocycles. The van der Waals surface area contributed by atoms with Gasteiger partial charge in [0.25, 0.3) is 0 Å². The van der Waals surface area contributed by atoms with Gasteiger partial charge in [-0.3, -0.25) is 9.69 Å². The average Bonchev–Trinajstić information content (AvgIpc) is 2.78. The largest absolute Gasteiger partial charge is 0.467 e. The van der Waals surface area contributed by atoms with Crippen LogP contribution in [-0.2, 0) is 19.1 Å². The molecule has 0 aromatic rings. The molecule has 2 rings (SSSR count). The first-order valence-electron chi connectivity index (χ1n) is 6.36. The van der Waals surface area contributed by atoms with Gasteiger partial charge in [-0.1, -0.05) is 0 Å². The second-order valence-corrected chi connectivity index (χ2v) is 6.02. The maximum Gasteiger partial charge on any atom is 0.411 e. The van der Waals surface area contributed by atoms with E-state index in [2.05, 4.69) is 0 Å². The molecule has 2 atom stereocenters. The maximum absolute atomic E-state index is 12.2. The Balaban J connectivity index is 2.32. The third-order valence-electron chi connectivity index (χ3n) is 3.61. The smallest absolute Gasteiger partial charge is 0.411 e. The molecule has 0 spiro atoms. The molecule has 0 aromatic heterocycles. The molecule has 1 amide bonds. The van der Waals surface area contributed by atoms with Crippen molar-refractivity contribution < 1.29 is 23.9 Å². The summed E-state index contributed by atoms with van der Waals surface area (Å²) in [5.74, 6) is -0.912. The average molecular weight is 269 g/mol. The van der Waals surface area contributed by atoms with Crippen LogP contribution in [0.1, 0.15) is 40.0 Å². The van der Waals surface area contributed by atoms with E-state index in [1.807, 2.05) is 0 Å². The zero-order valence-electron chi connectivity index (χ0n) is 11.7. The van der Waals surface area contributed by atoms with Crippen LogP contribution in [0.3, 0.4) is 0 Å². The highest BCUT2D eigenvalue weighted by Gasteiger charge is 2.66. The number of amides is 1. The zero-order chi connectivity index (χ0) is 14.4. The lowest BCUT2D eigenvalue weighted by molar-refractivity contribution is -0.156. The Kier molecular flexibility index (Phi) is 3.07. The molecule has 106 valence electrons. The lowest BCUT2D eigenvalue weighted by atomic mass is 9.86. The molecule has 2 bridgehead atoms. The van der Waals surface area contributed by atoms with E-state index in [1.165, 1.54) is 12.0 Å². The van der Waals surface area contributed by atoms with E-state index in [4.69, 9.17) is 9.47 Å². The van der Waals surface area contributed by atoms with Crippen molar-refractivity contribution in [3.8, 4) is 0 Å². The fourth-order valence-electron chi connectivity index (χ4n) is 2.89. The van der Waals surface area contributed by atoms with Crippen molar-refractivity contribution in [1.29, 1.82) is 0 Å². The Hall–Kier alpha value is -1.59. The van der Waals surface area contributed by atoms with Crippen LogP contribution in [0.15, 0.2) is 0 Å². The fourth-order valence-corrected chi connectivity index (χ4v) is 2.89. The van der Waals surface area contributed by atoms with E-state index in [0.29, 0.717) is 12.8 Å². The van der Waals surface area contributed by atoms with Gasteiger partial charge in [0, 0.05) is 12.5 Å². The summed E-state index contributed by atoms with van der Waals surface area (Å²) >= 11 is 0. The first kappa shape index (κ1) is 13.8. The Morgan fingerprint density at radius 2 is 2.00 bits per heavy atom. The van der Waals surface area contributed by atoms with Gasteiger partial charge in [0.15, 0.2) is 5.78 Å². The quantitative estimate of drug-likeness (QED) is 0.529. The van der Waals surface area contributed by atoms with Gasteiger partial charge < -0.3 is 9.47 Å². The SMILES string of the molecule is COC(=O)[C@]12CC[C@H](CC1=O)N2C(=O)OC(C)(C)C. The van der Waals surface area contributed by atoms with Crippen molar-refractivity contribution in [3.05, 3.63) is 0 Å². The minimum atomic E-state index is -1.46. The molecule has 6 heteroatoms. The zero-order valence-corrected chi connectivity index (χ0v) is 11.7. The molecule has 0 aromatic carbocycles. The number of Topliss-reactive ketones (excluding diaryl/α,β-unsaturated/α-hetero) is 1. The Labute approximate surface area is 112 Å². The second kappa shape index (κ2) is 4.21. The fraction of sp³-hybridized carbons (Fsp3) is 0.769. The van der Waals surface area contributed by atoms with Crippen molar-refractivity contribution >= 4 is 17.8 Å². The molecule has 2 saturated heterocycles. The highest BCUT2D eigenvalue weighted by atomic mass is 16.6. The van der Waals surface area contributed by atoms with Crippen molar-refractivity contribution in [3.63, 3.8) is 0 Å². The number of carbonyl (C=O) groups is 3. The van der Waals surface area contributed by atoms with E-state index in [-0.39, 0.29) is 18.2 Å². The van der Waals surface area contributed by atoms with Crippen molar-refractivity contribution in [2.75, 3.05) is 7.11 Å². The van der Waals surface area contributed by atoms with Crippen LogP contribution < -0.4 is 0 Å². The topological polar surface area (TPSA) is 72.9 Å². The second-order valence-electron chi connectivity index (χ2n) is 6.02. The summed E-state index contributed by atoms with van der Waals surface area (Å²) in [5.41, 5.74) is -2.12. The van der Waals surface area contributed by atoms with Gasteiger partial charge in [-0.15, -0.1) is 0 Å². The third kappa shape index (κ3) is 1.99. The molecular weight excluding hydrogens is 250 g/mol. The van der Waals surface area contributed by atoms with E-state index in [1.54, 1.807) is 20.8 Å². The summed E-state index contributed by atoms with van der Waals surface area (Å²) in [6, 6.07) is -0.249. The third-order valence-corrected chi connectivity index (χ3v) is 3.61. The van der Waals surface area contributed by atoms with Gasteiger partial charge >= 0.3 is 12.1 Å². The first-order valence-corrected chi connectivity index (χ1v) is 6.36. The lowest BCUT2D eigenvalue weighted by Gasteiger charge is -2.32. The number of rotatable bonds is 1. The first-order chi connectivity index (χ1) is 8.72. The summed E-state index contributed by atoms with van der Waals surface area (Å²) in [6.45, 7) is 5.24. The molecule has 0 unspecified atom stereocenters. The maximum atomic E-state index is 12.2. The molecule has 2 aliphatic rings. The Morgan fingerprint density at radius 3 is 2.47 bits per heavy atom. The van der Waals surface area contributed by atoms with E-state index in [9.17, 15) is 14.4 Å². The number of esters is 1. The number of carbonyl (C=O) groups excluding carboxylic acids is 3. The minimum absolute atomic E-state index is 0.203. The van der Waals surface area contributed by atoms with Gasteiger partial charge in [-0.25, -0.2) is 9.59 Å². The van der Waals surface area contributed by atoms with Crippen molar-refractivity contribution in [2.45, 2.75) is 57.2 Å². The lowest BCUT2D eigenvalue weighted by Crippen LogP contribution is -2.56. The highest BCUT2D eigenvalue weighted by Crippen LogP contribution is 2.45. The van der Waals surface area contributed by atoms with Gasteiger partial charge in [0.2, 0.25) is 5.54 Å². The van der Waals surface area contributed by atoms with Gasteiger partial charge in [-0.2, -0.15) is 0 Å². The van der Waals surface area contributed by atoms with E-state index < -0.39 is 23.2 Å². The molecule has 2 fully saturated rings.